The molecule has 0 radical (unpaired) electrons. The Balaban J connectivity index is 1.77. The fourth-order valence-electron chi connectivity index (χ4n) is 3.23. The van der Waals surface area contributed by atoms with Crippen LogP contribution >= 0.6 is 27.7 Å². The molecule has 1 aromatic heterocycles. The largest absolute Gasteiger partial charge is 0.317 e. The molecule has 0 spiro atoms. The standard InChI is InChI=1S/C18H21BrN2OS/c19-13-3-4-15-16(9-13)17(23-14-5-7-20-8-6-14)11-21(18(15)22)10-12-1-2-12/h3-4,9,11-12,14,20H,1-2,5-8,10H2. The zero-order chi connectivity index (χ0) is 15.8. The van der Waals surface area contributed by atoms with Crippen LogP contribution in [-0.2, 0) is 6.54 Å². The van der Waals surface area contributed by atoms with Crippen molar-refractivity contribution in [2.75, 3.05) is 13.1 Å². The Hall–Kier alpha value is -0.780. The van der Waals surface area contributed by atoms with Crippen LogP contribution < -0.4 is 10.9 Å². The lowest BCUT2D eigenvalue weighted by atomic mass is 10.1. The number of rotatable bonds is 4. The van der Waals surface area contributed by atoms with Gasteiger partial charge in [0.15, 0.2) is 0 Å². The summed E-state index contributed by atoms with van der Waals surface area (Å²) in [6.07, 6.45) is 7.04. The van der Waals surface area contributed by atoms with Crippen LogP contribution in [0.2, 0.25) is 0 Å². The summed E-state index contributed by atoms with van der Waals surface area (Å²) < 4.78 is 2.99. The van der Waals surface area contributed by atoms with Crippen LogP contribution in [0.4, 0.5) is 0 Å². The third kappa shape index (κ3) is 3.52. The molecule has 23 heavy (non-hydrogen) atoms. The van der Waals surface area contributed by atoms with E-state index in [0.29, 0.717) is 11.2 Å². The van der Waals surface area contributed by atoms with Crippen molar-refractivity contribution < 1.29 is 0 Å². The zero-order valence-electron chi connectivity index (χ0n) is 13.1. The Morgan fingerprint density at radius 2 is 1.96 bits per heavy atom. The van der Waals surface area contributed by atoms with E-state index in [1.165, 1.54) is 30.6 Å². The van der Waals surface area contributed by atoms with Crippen molar-refractivity contribution in [1.29, 1.82) is 0 Å². The second-order valence-corrected chi connectivity index (χ2v) is 8.91. The molecule has 1 saturated heterocycles. The number of nitrogens with zero attached hydrogens (tertiary/aromatic N) is 1. The first-order valence-electron chi connectivity index (χ1n) is 8.41. The van der Waals surface area contributed by atoms with Crippen LogP contribution in [0.15, 0.2) is 38.6 Å². The second kappa shape index (κ2) is 6.61. The number of piperidine rings is 1. The van der Waals surface area contributed by atoms with Gasteiger partial charge in [-0.1, -0.05) is 15.9 Å². The van der Waals surface area contributed by atoms with Crippen molar-refractivity contribution >= 4 is 38.5 Å². The predicted octanol–water partition coefficient (Wildman–Crippen LogP) is 4.02. The SMILES string of the molecule is O=c1c2ccc(Br)cc2c(SC2CCNCC2)cn1CC1CC1. The lowest BCUT2D eigenvalue weighted by molar-refractivity contribution is 0.531. The molecule has 1 N–H and O–H groups in total. The third-order valence-corrected chi connectivity index (χ3v) is 6.62. The number of hydrogen-bond acceptors (Lipinski definition) is 3. The zero-order valence-corrected chi connectivity index (χ0v) is 15.5. The molecule has 2 fully saturated rings. The van der Waals surface area contributed by atoms with E-state index in [4.69, 9.17) is 0 Å². The number of fused-ring (bicyclic) bond motifs is 1. The first kappa shape index (κ1) is 15.7. The third-order valence-electron chi connectivity index (χ3n) is 4.74. The molecule has 4 rings (SSSR count). The molecule has 1 aromatic carbocycles. The summed E-state index contributed by atoms with van der Waals surface area (Å²) in [4.78, 5) is 14.0. The van der Waals surface area contributed by atoms with Gasteiger partial charge in [0.05, 0.1) is 0 Å². The molecule has 0 amide bonds. The highest BCUT2D eigenvalue weighted by Crippen LogP contribution is 2.35. The molecule has 1 aliphatic heterocycles. The van der Waals surface area contributed by atoms with Gasteiger partial charge in [0.25, 0.3) is 5.56 Å². The van der Waals surface area contributed by atoms with Gasteiger partial charge in [0, 0.05) is 38.1 Å². The van der Waals surface area contributed by atoms with Crippen LogP contribution in [0.25, 0.3) is 10.8 Å². The van der Waals surface area contributed by atoms with Gasteiger partial charge in [-0.2, -0.15) is 0 Å². The van der Waals surface area contributed by atoms with Crippen molar-refractivity contribution in [3.05, 3.63) is 39.2 Å². The Kier molecular flexibility index (Phi) is 4.52. The van der Waals surface area contributed by atoms with E-state index in [2.05, 4.69) is 33.5 Å². The summed E-state index contributed by atoms with van der Waals surface area (Å²) in [6.45, 7) is 3.08. The minimum Gasteiger partial charge on any atom is -0.317 e. The molecule has 0 bridgehead atoms. The maximum absolute atomic E-state index is 12.8. The highest BCUT2D eigenvalue weighted by Gasteiger charge is 2.23. The van der Waals surface area contributed by atoms with Crippen molar-refractivity contribution in [1.82, 2.24) is 9.88 Å². The van der Waals surface area contributed by atoms with E-state index in [0.717, 1.165) is 34.9 Å². The van der Waals surface area contributed by atoms with Gasteiger partial charge in [-0.25, -0.2) is 0 Å². The maximum Gasteiger partial charge on any atom is 0.258 e. The smallest absolute Gasteiger partial charge is 0.258 e. The van der Waals surface area contributed by atoms with Crippen molar-refractivity contribution in [3.8, 4) is 0 Å². The molecule has 2 aliphatic rings. The van der Waals surface area contributed by atoms with Crippen molar-refractivity contribution in [2.24, 2.45) is 5.92 Å². The summed E-state index contributed by atoms with van der Waals surface area (Å²) >= 11 is 5.51. The monoisotopic (exact) mass is 392 g/mol. The molecule has 1 saturated carbocycles. The lowest BCUT2D eigenvalue weighted by Crippen LogP contribution is -2.29. The number of hydrogen-bond donors (Lipinski definition) is 1. The molecule has 0 unspecified atom stereocenters. The molecular weight excluding hydrogens is 372 g/mol. The molecule has 0 atom stereocenters. The quantitative estimate of drug-likeness (QED) is 0.852. The van der Waals surface area contributed by atoms with Gasteiger partial charge in [0.1, 0.15) is 0 Å². The number of pyridine rings is 1. The van der Waals surface area contributed by atoms with Gasteiger partial charge >= 0.3 is 0 Å². The average molecular weight is 393 g/mol. The van der Waals surface area contributed by atoms with Crippen LogP contribution in [0.3, 0.4) is 0 Å². The minimum absolute atomic E-state index is 0.161. The minimum atomic E-state index is 0.161. The molecular formula is C18H21BrN2OS. The summed E-state index contributed by atoms with van der Waals surface area (Å²) in [5.74, 6) is 0.706. The Morgan fingerprint density at radius 3 is 2.70 bits per heavy atom. The van der Waals surface area contributed by atoms with E-state index >= 15 is 0 Å². The topological polar surface area (TPSA) is 34.0 Å². The molecule has 3 nitrogen and oxygen atoms in total. The van der Waals surface area contributed by atoms with Crippen LogP contribution in [0.1, 0.15) is 25.7 Å². The highest BCUT2D eigenvalue weighted by molar-refractivity contribution is 9.10. The van der Waals surface area contributed by atoms with E-state index in [1.807, 2.05) is 28.5 Å². The van der Waals surface area contributed by atoms with Crippen LogP contribution in [0, 0.1) is 5.92 Å². The van der Waals surface area contributed by atoms with Gasteiger partial charge < -0.3 is 9.88 Å². The van der Waals surface area contributed by atoms with Crippen molar-refractivity contribution in [2.45, 2.75) is 42.4 Å². The number of nitrogens with one attached hydrogen (secondary N) is 1. The van der Waals surface area contributed by atoms with E-state index in [1.54, 1.807) is 0 Å². The summed E-state index contributed by atoms with van der Waals surface area (Å²) in [7, 11) is 0. The molecule has 2 aromatic rings. The van der Waals surface area contributed by atoms with E-state index in [9.17, 15) is 4.79 Å². The molecule has 122 valence electrons. The van der Waals surface area contributed by atoms with Gasteiger partial charge in [-0.05, 0) is 62.9 Å². The average Bonchev–Trinajstić information content (AvgIpc) is 3.37. The Morgan fingerprint density at radius 1 is 1.17 bits per heavy atom. The molecule has 1 aliphatic carbocycles. The van der Waals surface area contributed by atoms with Gasteiger partial charge in [-0.15, -0.1) is 11.8 Å². The van der Waals surface area contributed by atoms with Crippen LogP contribution in [-0.4, -0.2) is 22.9 Å². The number of thioether (sulfide) groups is 1. The van der Waals surface area contributed by atoms with Gasteiger partial charge in [-0.3, -0.25) is 4.79 Å². The van der Waals surface area contributed by atoms with E-state index in [-0.39, 0.29) is 5.56 Å². The van der Waals surface area contributed by atoms with Crippen LogP contribution in [0.5, 0.6) is 0 Å². The summed E-state index contributed by atoms with van der Waals surface area (Å²) in [6, 6.07) is 6.05. The normalized spacial score (nSPS) is 19.3. The first-order chi connectivity index (χ1) is 11.2. The van der Waals surface area contributed by atoms with Gasteiger partial charge in [0.2, 0.25) is 0 Å². The number of halogens is 1. The maximum atomic E-state index is 12.8. The van der Waals surface area contributed by atoms with Crippen molar-refractivity contribution in [3.63, 3.8) is 0 Å². The lowest BCUT2D eigenvalue weighted by Gasteiger charge is -2.23. The fourth-order valence-corrected chi connectivity index (χ4v) is 4.91. The number of benzene rings is 1. The highest BCUT2D eigenvalue weighted by atomic mass is 79.9. The summed E-state index contributed by atoms with van der Waals surface area (Å²) in [5, 5.41) is 6.02. The van der Waals surface area contributed by atoms with E-state index < -0.39 is 0 Å². The predicted molar refractivity (Wildman–Crippen MR) is 100 cm³/mol. The second-order valence-electron chi connectivity index (χ2n) is 6.65. The Labute approximate surface area is 149 Å². The number of aromatic nitrogens is 1. The molecule has 2 heterocycles. The first-order valence-corrected chi connectivity index (χ1v) is 10.1. The Bertz CT molecular complexity index is 778. The molecule has 5 heteroatoms. The fraction of sp³-hybridized carbons (Fsp3) is 0.500. The summed E-state index contributed by atoms with van der Waals surface area (Å²) in [5.41, 5.74) is 0.161.